The number of benzene rings is 1. The average molecular weight is 405 g/mol. The quantitative estimate of drug-likeness (QED) is 0.682. The predicted octanol–water partition coefficient (Wildman–Crippen LogP) is 3.65. The summed E-state index contributed by atoms with van der Waals surface area (Å²) in [5.74, 6) is 1.58. The number of nitrogens with zero attached hydrogens (tertiary/aromatic N) is 1. The van der Waals surface area contributed by atoms with Crippen molar-refractivity contribution in [3.05, 3.63) is 53.4 Å². The van der Waals surface area contributed by atoms with E-state index in [2.05, 4.69) is 5.32 Å². The van der Waals surface area contributed by atoms with Gasteiger partial charge in [-0.1, -0.05) is 11.6 Å². The number of ether oxygens (including phenoxy) is 1. The summed E-state index contributed by atoms with van der Waals surface area (Å²) in [6, 6.07) is 10.8. The summed E-state index contributed by atoms with van der Waals surface area (Å²) in [5.41, 5.74) is 0. The molecule has 2 aromatic rings. The number of rotatable bonds is 8. The first-order chi connectivity index (χ1) is 13.6. The van der Waals surface area contributed by atoms with Gasteiger partial charge in [0.15, 0.2) is 0 Å². The van der Waals surface area contributed by atoms with Crippen molar-refractivity contribution in [2.75, 3.05) is 19.7 Å². The van der Waals surface area contributed by atoms with E-state index in [0.29, 0.717) is 56.9 Å². The molecule has 0 bridgehead atoms. The number of amides is 2. The minimum atomic E-state index is -0.0488. The van der Waals surface area contributed by atoms with E-state index < -0.39 is 0 Å². The number of nitrogens with one attached hydrogen (secondary N) is 1. The third-order valence-corrected chi connectivity index (χ3v) is 5.10. The number of hydrogen-bond donors (Lipinski definition) is 1. The summed E-state index contributed by atoms with van der Waals surface area (Å²) in [4.78, 5) is 26.5. The first-order valence-corrected chi connectivity index (χ1v) is 9.96. The number of hydrogen-bond acceptors (Lipinski definition) is 4. The smallest absolute Gasteiger partial charge is 0.223 e. The molecule has 0 spiro atoms. The highest BCUT2D eigenvalue weighted by atomic mass is 35.5. The lowest BCUT2D eigenvalue weighted by molar-refractivity contribution is -0.135. The normalized spacial score (nSPS) is 14.7. The summed E-state index contributed by atoms with van der Waals surface area (Å²) >= 11 is 5.84. The summed E-state index contributed by atoms with van der Waals surface area (Å²) in [5, 5.41) is 3.57. The molecule has 1 aromatic heterocycles. The van der Waals surface area contributed by atoms with Gasteiger partial charge in [0.05, 0.1) is 19.4 Å². The van der Waals surface area contributed by atoms with Gasteiger partial charge in [-0.15, -0.1) is 0 Å². The number of carbonyl (C=O) groups excluding carboxylic acids is 2. The minimum absolute atomic E-state index is 0.0277. The van der Waals surface area contributed by atoms with Crippen molar-refractivity contribution in [1.29, 1.82) is 0 Å². The molecule has 1 aliphatic rings. The molecule has 2 heterocycles. The Morgan fingerprint density at radius 1 is 1.18 bits per heavy atom. The van der Waals surface area contributed by atoms with Gasteiger partial charge in [0, 0.05) is 30.5 Å². The van der Waals surface area contributed by atoms with Crippen molar-refractivity contribution in [3.63, 3.8) is 0 Å². The molecule has 0 aliphatic carbocycles. The molecule has 1 aliphatic heterocycles. The maximum Gasteiger partial charge on any atom is 0.223 e. The third kappa shape index (κ3) is 6.02. The van der Waals surface area contributed by atoms with Gasteiger partial charge < -0.3 is 19.4 Å². The maximum absolute atomic E-state index is 12.4. The summed E-state index contributed by atoms with van der Waals surface area (Å²) < 4.78 is 10.8. The second kappa shape index (κ2) is 10.2. The zero-order chi connectivity index (χ0) is 19.8. The van der Waals surface area contributed by atoms with Crippen LogP contribution in [0.25, 0.3) is 0 Å². The van der Waals surface area contributed by atoms with Gasteiger partial charge in [-0.2, -0.15) is 0 Å². The molecule has 150 valence electrons. The molecule has 3 rings (SSSR count). The Balaban J connectivity index is 1.31. The molecule has 2 amide bonds. The van der Waals surface area contributed by atoms with E-state index in [-0.39, 0.29) is 17.7 Å². The molecule has 0 atom stereocenters. The highest BCUT2D eigenvalue weighted by molar-refractivity contribution is 6.30. The van der Waals surface area contributed by atoms with Gasteiger partial charge in [-0.05, 0) is 55.7 Å². The second-order valence-electron chi connectivity index (χ2n) is 6.86. The van der Waals surface area contributed by atoms with Crippen LogP contribution < -0.4 is 10.1 Å². The largest absolute Gasteiger partial charge is 0.494 e. The summed E-state index contributed by atoms with van der Waals surface area (Å²) in [6.07, 6.45) is 4.08. The molecule has 1 saturated heterocycles. The van der Waals surface area contributed by atoms with Crippen LogP contribution in [0.1, 0.15) is 31.4 Å². The first kappa shape index (κ1) is 20.3. The van der Waals surface area contributed by atoms with Crippen LogP contribution in [0.2, 0.25) is 5.02 Å². The molecule has 7 heteroatoms. The molecule has 6 nitrogen and oxygen atoms in total. The molecular formula is C21H25ClN2O4. The number of piperidine rings is 1. The zero-order valence-electron chi connectivity index (χ0n) is 15.7. The van der Waals surface area contributed by atoms with E-state index in [1.165, 1.54) is 0 Å². The van der Waals surface area contributed by atoms with E-state index in [4.69, 9.17) is 20.8 Å². The molecule has 0 saturated carbocycles. The van der Waals surface area contributed by atoms with Gasteiger partial charge in [-0.3, -0.25) is 9.59 Å². The van der Waals surface area contributed by atoms with Crippen LogP contribution in [-0.2, 0) is 16.1 Å². The zero-order valence-corrected chi connectivity index (χ0v) is 16.5. The van der Waals surface area contributed by atoms with Gasteiger partial charge in [0.1, 0.15) is 11.5 Å². The van der Waals surface area contributed by atoms with Crippen molar-refractivity contribution in [2.24, 2.45) is 5.92 Å². The number of furan rings is 1. The van der Waals surface area contributed by atoms with Crippen LogP contribution in [0, 0.1) is 5.92 Å². The van der Waals surface area contributed by atoms with Crippen LogP contribution in [0.4, 0.5) is 0 Å². The second-order valence-corrected chi connectivity index (χ2v) is 7.29. The molecule has 0 unspecified atom stereocenters. The SMILES string of the molecule is O=C(NCc1ccco1)C1CCN(C(=O)CCCOc2ccc(Cl)cc2)CC1. The van der Waals surface area contributed by atoms with Crippen LogP contribution in [0.3, 0.4) is 0 Å². The van der Waals surface area contributed by atoms with Gasteiger partial charge >= 0.3 is 0 Å². The number of carbonyl (C=O) groups is 2. The Kier molecular flexibility index (Phi) is 7.37. The standard InChI is InChI=1S/C21H25ClN2O4/c22-17-5-7-18(8-6-17)27-14-2-4-20(25)24-11-9-16(10-12-24)21(26)23-15-19-3-1-13-28-19/h1,3,5-8,13,16H,2,4,9-12,14-15H2,(H,23,26). The fourth-order valence-corrected chi connectivity index (χ4v) is 3.35. The lowest BCUT2D eigenvalue weighted by Crippen LogP contribution is -2.42. The van der Waals surface area contributed by atoms with E-state index in [1.54, 1.807) is 24.5 Å². The van der Waals surface area contributed by atoms with Crippen molar-refractivity contribution < 1.29 is 18.7 Å². The van der Waals surface area contributed by atoms with Crippen LogP contribution in [0.15, 0.2) is 47.1 Å². The van der Waals surface area contributed by atoms with Crippen molar-refractivity contribution in [2.45, 2.75) is 32.2 Å². The molecule has 1 fully saturated rings. The van der Waals surface area contributed by atoms with Crippen molar-refractivity contribution in [3.8, 4) is 5.75 Å². The van der Waals surface area contributed by atoms with Gasteiger partial charge in [-0.25, -0.2) is 0 Å². The lowest BCUT2D eigenvalue weighted by Gasteiger charge is -2.31. The monoisotopic (exact) mass is 404 g/mol. The summed E-state index contributed by atoms with van der Waals surface area (Å²) in [7, 11) is 0. The average Bonchev–Trinajstić information content (AvgIpc) is 3.24. The van der Waals surface area contributed by atoms with E-state index >= 15 is 0 Å². The number of likely N-dealkylation sites (tertiary alicyclic amines) is 1. The Morgan fingerprint density at radius 3 is 2.61 bits per heavy atom. The maximum atomic E-state index is 12.4. The lowest BCUT2D eigenvalue weighted by atomic mass is 9.95. The third-order valence-electron chi connectivity index (χ3n) is 4.85. The fraction of sp³-hybridized carbons (Fsp3) is 0.429. The van der Waals surface area contributed by atoms with Crippen LogP contribution in [0.5, 0.6) is 5.75 Å². The van der Waals surface area contributed by atoms with Crippen molar-refractivity contribution in [1.82, 2.24) is 10.2 Å². The minimum Gasteiger partial charge on any atom is -0.494 e. The predicted molar refractivity (Wildman–Crippen MR) is 106 cm³/mol. The fourth-order valence-electron chi connectivity index (χ4n) is 3.23. The van der Waals surface area contributed by atoms with Crippen LogP contribution >= 0.6 is 11.6 Å². The summed E-state index contributed by atoms with van der Waals surface area (Å²) in [6.45, 7) is 2.13. The Morgan fingerprint density at radius 2 is 1.93 bits per heavy atom. The van der Waals surface area contributed by atoms with E-state index in [0.717, 1.165) is 11.5 Å². The Hall–Kier alpha value is -2.47. The highest BCUT2D eigenvalue weighted by Crippen LogP contribution is 2.19. The Bertz CT molecular complexity index is 753. The molecule has 28 heavy (non-hydrogen) atoms. The molecule has 0 radical (unpaired) electrons. The topological polar surface area (TPSA) is 71.8 Å². The number of halogens is 1. The molecular weight excluding hydrogens is 380 g/mol. The van der Waals surface area contributed by atoms with Gasteiger partial charge in [0.25, 0.3) is 0 Å². The Labute approximate surface area is 169 Å². The van der Waals surface area contributed by atoms with Crippen LogP contribution in [-0.4, -0.2) is 36.4 Å². The van der Waals surface area contributed by atoms with Gasteiger partial charge in [0.2, 0.25) is 11.8 Å². The first-order valence-electron chi connectivity index (χ1n) is 9.58. The van der Waals surface area contributed by atoms with Crippen molar-refractivity contribution >= 4 is 23.4 Å². The van der Waals surface area contributed by atoms with E-state index in [1.807, 2.05) is 23.1 Å². The molecule has 1 aromatic carbocycles. The molecule has 1 N–H and O–H groups in total. The highest BCUT2D eigenvalue weighted by Gasteiger charge is 2.27. The van der Waals surface area contributed by atoms with E-state index in [9.17, 15) is 9.59 Å².